The van der Waals surface area contributed by atoms with E-state index in [2.05, 4.69) is 4.98 Å². The van der Waals surface area contributed by atoms with Gasteiger partial charge in [0, 0.05) is 18.0 Å². The second-order valence-electron chi connectivity index (χ2n) is 3.65. The summed E-state index contributed by atoms with van der Waals surface area (Å²) in [7, 11) is 0. The Labute approximate surface area is 117 Å². The molecule has 19 heavy (non-hydrogen) atoms. The van der Waals surface area contributed by atoms with E-state index < -0.39 is 16.4 Å². The molecule has 0 aliphatic heterocycles. The Morgan fingerprint density at radius 3 is 2.74 bits per heavy atom. The molecule has 0 N–H and O–H groups in total. The minimum atomic E-state index is -0.827. The molecule has 0 saturated carbocycles. The number of hydrogen-bond donors (Lipinski definition) is 0. The van der Waals surface area contributed by atoms with Gasteiger partial charge in [0.1, 0.15) is 0 Å². The maximum atomic E-state index is 13.4. The van der Waals surface area contributed by atoms with E-state index in [1.165, 1.54) is 36.2 Å². The van der Waals surface area contributed by atoms with Gasteiger partial charge in [-0.05, 0) is 23.8 Å². The minimum absolute atomic E-state index is 0.476. The molecule has 0 spiro atoms. The van der Waals surface area contributed by atoms with Crippen LogP contribution in [0.2, 0.25) is 5.02 Å². The van der Waals surface area contributed by atoms with Crippen LogP contribution in [0.15, 0.2) is 41.6 Å². The van der Waals surface area contributed by atoms with Gasteiger partial charge in [-0.2, -0.15) is 4.39 Å². The van der Waals surface area contributed by atoms with Crippen molar-refractivity contribution in [1.29, 1.82) is 0 Å². The van der Waals surface area contributed by atoms with Gasteiger partial charge >= 0.3 is 5.69 Å². The van der Waals surface area contributed by atoms with Crippen molar-refractivity contribution < 1.29 is 9.31 Å². The standard InChI is InChI=1S/C12H8ClFN2O2S/c13-9-2-4-12(15-6-9)19-7-8-1-3-11(16(17)18)10(14)5-8/h1-6H,7H2. The Kier molecular flexibility index (Phi) is 4.34. The van der Waals surface area contributed by atoms with Crippen molar-refractivity contribution in [2.75, 3.05) is 0 Å². The second kappa shape index (κ2) is 5.99. The maximum Gasteiger partial charge on any atom is 0.304 e. The summed E-state index contributed by atoms with van der Waals surface area (Å²) < 4.78 is 13.4. The van der Waals surface area contributed by atoms with Gasteiger partial charge in [0.05, 0.1) is 15.0 Å². The lowest BCUT2D eigenvalue weighted by atomic mass is 10.2. The number of pyridine rings is 1. The zero-order valence-corrected chi connectivity index (χ0v) is 11.1. The first-order valence-electron chi connectivity index (χ1n) is 5.23. The van der Waals surface area contributed by atoms with Crippen molar-refractivity contribution in [2.24, 2.45) is 0 Å². The minimum Gasteiger partial charge on any atom is -0.258 e. The number of nitro groups is 1. The highest BCUT2D eigenvalue weighted by Crippen LogP contribution is 2.24. The van der Waals surface area contributed by atoms with Crippen LogP contribution in [0.3, 0.4) is 0 Å². The van der Waals surface area contributed by atoms with Crippen LogP contribution in [-0.4, -0.2) is 9.91 Å². The number of benzene rings is 1. The van der Waals surface area contributed by atoms with Gasteiger partial charge in [0.15, 0.2) is 0 Å². The fourth-order valence-corrected chi connectivity index (χ4v) is 2.29. The predicted octanol–water partition coefficient (Wildman–Crippen LogP) is 4.07. The zero-order chi connectivity index (χ0) is 13.8. The fourth-order valence-electron chi connectivity index (χ4n) is 1.39. The van der Waals surface area contributed by atoms with E-state index >= 15 is 0 Å². The number of hydrogen-bond acceptors (Lipinski definition) is 4. The number of nitrogens with zero attached hydrogens (tertiary/aromatic N) is 2. The third-order valence-electron chi connectivity index (χ3n) is 2.30. The summed E-state index contributed by atoms with van der Waals surface area (Å²) in [4.78, 5) is 13.8. The Hall–Kier alpha value is -1.66. The van der Waals surface area contributed by atoms with E-state index in [-0.39, 0.29) is 0 Å². The summed E-state index contributed by atoms with van der Waals surface area (Å²) in [6.45, 7) is 0. The van der Waals surface area contributed by atoms with E-state index in [1.54, 1.807) is 12.1 Å². The molecule has 1 aromatic heterocycles. The lowest BCUT2D eigenvalue weighted by Crippen LogP contribution is -1.93. The highest BCUT2D eigenvalue weighted by molar-refractivity contribution is 7.98. The van der Waals surface area contributed by atoms with Gasteiger partial charge in [0.2, 0.25) is 5.82 Å². The summed E-state index contributed by atoms with van der Waals surface area (Å²) in [6, 6.07) is 7.34. The molecule has 4 nitrogen and oxygen atoms in total. The summed E-state index contributed by atoms with van der Waals surface area (Å²) in [6.07, 6.45) is 1.53. The van der Waals surface area contributed by atoms with E-state index in [1.807, 2.05) is 0 Å². The summed E-state index contributed by atoms with van der Waals surface area (Å²) in [5.41, 5.74) is 0.142. The molecule has 0 unspecified atom stereocenters. The highest BCUT2D eigenvalue weighted by atomic mass is 35.5. The molecule has 0 bridgehead atoms. The molecule has 0 saturated heterocycles. The smallest absolute Gasteiger partial charge is 0.258 e. The van der Waals surface area contributed by atoms with Crippen molar-refractivity contribution in [3.63, 3.8) is 0 Å². The Morgan fingerprint density at radius 2 is 2.16 bits per heavy atom. The third-order valence-corrected chi connectivity index (χ3v) is 3.53. The molecule has 7 heteroatoms. The predicted molar refractivity (Wildman–Crippen MR) is 71.9 cm³/mol. The molecule has 0 aliphatic rings. The van der Waals surface area contributed by atoms with Crippen LogP contribution in [-0.2, 0) is 5.75 Å². The van der Waals surface area contributed by atoms with E-state index in [0.29, 0.717) is 16.3 Å². The maximum absolute atomic E-state index is 13.4. The number of rotatable bonds is 4. The molecule has 0 atom stereocenters. The van der Waals surface area contributed by atoms with E-state index in [0.717, 1.165) is 5.03 Å². The van der Waals surface area contributed by atoms with Gasteiger partial charge in [-0.3, -0.25) is 10.1 Å². The van der Waals surface area contributed by atoms with Gasteiger partial charge in [0.25, 0.3) is 0 Å². The zero-order valence-electron chi connectivity index (χ0n) is 9.55. The summed E-state index contributed by atoms with van der Waals surface area (Å²) in [5, 5.41) is 11.8. The van der Waals surface area contributed by atoms with Crippen molar-refractivity contribution >= 4 is 29.1 Å². The molecule has 98 valence electrons. The van der Waals surface area contributed by atoms with Crippen LogP contribution in [0.4, 0.5) is 10.1 Å². The monoisotopic (exact) mass is 298 g/mol. The molecule has 1 aromatic carbocycles. The molecule has 2 aromatic rings. The van der Waals surface area contributed by atoms with Crippen LogP contribution in [0.25, 0.3) is 0 Å². The molecule has 1 heterocycles. The Balaban J connectivity index is 2.06. The van der Waals surface area contributed by atoms with Crippen molar-refractivity contribution in [1.82, 2.24) is 4.98 Å². The first kappa shape index (κ1) is 13.8. The number of halogens is 2. The highest BCUT2D eigenvalue weighted by Gasteiger charge is 2.13. The Morgan fingerprint density at radius 1 is 1.37 bits per heavy atom. The number of nitro benzene ring substituents is 1. The quantitative estimate of drug-likeness (QED) is 0.485. The lowest BCUT2D eigenvalue weighted by molar-refractivity contribution is -0.387. The molecular formula is C12H8ClFN2O2S. The van der Waals surface area contributed by atoms with Crippen molar-refractivity contribution in [3.05, 3.63) is 63.0 Å². The fraction of sp³-hybridized carbons (Fsp3) is 0.0833. The molecule has 0 fully saturated rings. The molecular weight excluding hydrogens is 291 g/mol. The molecule has 0 aliphatic carbocycles. The molecule has 0 amide bonds. The average Bonchev–Trinajstić information content (AvgIpc) is 2.37. The molecule has 0 radical (unpaired) electrons. The summed E-state index contributed by atoms with van der Waals surface area (Å²) >= 11 is 7.11. The van der Waals surface area contributed by atoms with Crippen LogP contribution in [0.1, 0.15) is 5.56 Å². The topological polar surface area (TPSA) is 56.0 Å². The van der Waals surface area contributed by atoms with Gasteiger partial charge in [-0.25, -0.2) is 4.98 Å². The SMILES string of the molecule is O=[N+]([O-])c1ccc(CSc2ccc(Cl)cn2)cc1F. The number of thioether (sulfide) groups is 1. The van der Waals surface area contributed by atoms with E-state index in [9.17, 15) is 14.5 Å². The lowest BCUT2D eigenvalue weighted by Gasteiger charge is -2.02. The summed E-state index contributed by atoms with van der Waals surface area (Å²) in [5.74, 6) is -0.351. The van der Waals surface area contributed by atoms with Crippen LogP contribution < -0.4 is 0 Å². The van der Waals surface area contributed by atoms with Crippen molar-refractivity contribution in [2.45, 2.75) is 10.8 Å². The third kappa shape index (κ3) is 3.65. The van der Waals surface area contributed by atoms with Gasteiger partial charge in [-0.15, -0.1) is 11.8 Å². The average molecular weight is 299 g/mol. The first-order chi connectivity index (χ1) is 9.06. The van der Waals surface area contributed by atoms with Crippen LogP contribution in [0, 0.1) is 15.9 Å². The van der Waals surface area contributed by atoms with E-state index in [4.69, 9.17) is 11.6 Å². The van der Waals surface area contributed by atoms with Crippen LogP contribution >= 0.6 is 23.4 Å². The Bertz CT molecular complexity index is 607. The number of aromatic nitrogens is 1. The van der Waals surface area contributed by atoms with Crippen molar-refractivity contribution in [3.8, 4) is 0 Å². The first-order valence-corrected chi connectivity index (χ1v) is 6.60. The second-order valence-corrected chi connectivity index (χ2v) is 5.08. The molecule has 2 rings (SSSR count). The largest absolute Gasteiger partial charge is 0.304 e. The van der Waals surface area contributed by atoms with Gasteiger partial charge < -0.3 is 0 Å². The van der Waals surface area contributed by atoms with Crippen LogP contribution in [0.5, 0.6) is 0 Å². The normalized spacial score (nSPS) is 10.4. The van der Waals surface area contributed by atoms with Gasteiger partial charge in [-0.1, -0.05) is 17.7 Å².